The highest BCUT2D eigenvalue weighted by molar-refractivity contribution is 7.24. The van der Waals surface area contributed by atoms with Gasteiger partial charge in [-0.25, -0.2) is 4.75 Å². The summed E-state index contributed by atoms with van der Waals surface area (Å²) in [5.74, 6) is 3.12. The van der Waals surface area contributed by atoms with Crippen LogP contribution in [0.15, 0.2) is 5.93 Å². The predicted molar refractivity (Wildman–Crippen MR) is 30.5 cm³/mol. The fourth-order valence-corrected chi connectivity index (χ4v) is 1.02. The molecule has 0 saturated heterocycles. The Hall–Kier alpha value is -0.360. The summed E-state index contributed by atoms with van der Waals surface area (Å²) in [4.78, 5) is 0. The lowest BCUT2D eigenvalue weighted by Gasteiger charge is -1.86. The van der Waals surface area contributed by atoms with Gasteiger partial charge >= 0.3 is 0 Å². The average molecular weight is 114 g/mol. The van der Waals surface area contributed by atoms with E-state index in [2.05, 4.69) is 4.75 Å². The number of aromatic nitrogens is 2. The second-order valence-corrected chi connectivity index (χ2v) is 2.15. The van der Waals surface area contributed by atoms with Gasteiger partial charge in [0.1, 0.15) is 5.82 Å². The lowest BCUT2D eigenvalue weighted by Crippen LogP contribution is -1.86. The Morgan fingerprint density at radius 3 is 2.71 bits per heavy atom. The van der Waals surface area contributed by atoms with Crippen molar-refractivity contribution in [2.45, 2.75) is 6.92 Å². The van der Waals surface area contributed by atoms with Crippen LogP contribution in [0.5, 0.6) is 0 Å². The molecule has 0 aromatic carbocycles. The molecule has 0 fully saturated rings. The molecule has 0 amide bonds. The van der Waals surface area contributed by atoms with Crippen LogP contribution in [-0.4, -0.2) is 9.31 Å². The van der Waals surface area contributed by atoms with Gasteiger partial charge < -0.3 is 4.57 Å². The van der Waals surface area contributed by atoms with Gasteiger partial charge in [-0.2, -0.15) is 0 Å². The van der Waals surface area contributed by atoms with Crippen LogP contribution in [0.4, 0.5) is 0 Å². The summed E-state index contributed by atoms with van der Waals surface area (Å²) in [6.07, 6.45) is 0. The van der Waals surface area contributed by atoms with E-state index in [1.165, 1.54) is 0 Å². The maximum atomic E-state index is 4.08. The number of aryl methyl sites for hydroxylation is 2. The van der Waals surface area contributed by atoms with E-state index in [-0.39, 0.29) is 0 Å². The molecule has 0 aliphatic carbocycles. The molecular weight excluding hydrogens is 107 g/mol. The Kier molecular flexibility index (Phi) is 1.11. The zero-order chi connectivity index (χ0) is 5.28. The SMILES string of the molecule is Cc1npcn1C. The largest absolute Gasteiger partial charge is 0.334 e. The molecule has 1 aromatic rings. The highest BCUT2D eigenvalue weighted by atomic mass is 31.0. The van der Waals surface area contributed by atoms with Gasteiger partial charge in [0.15, 0.2) is 0 Å². The van der Waals surface area contributed by atoms with Gasteiger partial charge in [0.05, 0.1) is 14.3 Å². The van der Waals surface area contributed by atoms with Crippen molar-refractivity contribution in [3.63, 3.8) is 0 Å². The van der Waals surface area contributed by atoms with Crippen LogP contribution < -0.4 is 0 Å². The topological polar surface area (TPSA) is 17.8 Å². The smallest absolute Gasteiger partial charge is 0.110 e. The van der Waals surface area contributed by atoms with Gasteiger partial charge in [-0.05, 0) is 6.92 Å². The van der Waals surface area contributed by atoms with E-state index >= 15 is 0 Å². The molecule has 0 aliphatic heterocycles. The second kappa shape index (κ2) is 1.63. The predicted octanol–water partition coefficient (Wildman–Crippen LogP) is 1.31. The molecule has 0 radical (unpaired) electrons. The first-order chi connectivity index (χ1) is 3.30. The summed E-state index contributed by atoms with van der Waals surface area (Å²) in [6.45, 7) is 2.00. The first-order valence-electron chi connectivity index (χ1n) is 2.11. The van der Waals surface area contributed by atoms with Crippen LogP contribution in [0.1, 0.15) is 5.82 Å². The molecule has 0 atom stereocenters. The molecule has 0 bridgehead atoms. The molecular formula is C4H7N2P. The highest BCUT2D eigenvalue weighted by Crippen LogP contribution is 2.00. The minimum atomic E-state index is 1.07. The van der Waals surface area contributed by atoms with Gasteiger partial charge in [0, 0.05) is 7.05 Å². The van der Waals surface area contributed by atoms with Crippen LogP contribution in [0.2, 0.25) is 0 Å². The Morgan fingerprint density at radius 2 is 2.57 bits per heavy atom. The number of rotatable bonds is 0. The molecule has 0 unspecified atom stereocenters. The fourth-order valence-electron chi connectivity index (χ4n) is 0.341. The molecule has 1 heterocycles. The first-order valence-corrected chi connectivity index (χ1v) is 3.03. The maximum absolute atomic E-state index is 4.08. The number of nitrogens with zero attached hydrogens (tertiary/aromatic N) is 2. The quantitative estimate of drug-likeness (QED) is 0.497. The van der Waals surface area contributed by atoms with E-state index in [1.807, 2.05) is 24.5 Å². The van der Waals surface area contributed by atoms with Crippen LogP contribution in [-0.2, 0) is 7.05 Å². The van der Waals surface area contributed by atoms with Gasteiger partial charge in [-0.15, -0.1) is 0 Å². The van der Waals surface area contributed by atoms with Crippen molar-refractivity contribution in [3.05, 3.63) is 11.8 Å². The van der Waals surface area contributed by atoms with Gasteiger partial charge in [-0.3, -0.25) is 0 Å². The molecule has 2 nitrogen and oxygen atoms in total. The Bertz CT molecular complexity index is 142. The zero-order valence-electron chi connectivity index (χ0n) is 4.42. The van der Waals surface area contributed by atoms with Crippen molar-refractivity contribution >= 4 is 8.35 Å². The molecule has 0 spiro atoms. The summed E-state index contributed by atoms with van der Waals surface area (Å²) in [5, 5.41) is 0. The Balaban J connectivity index is 3.12. The monoisotopic (exact) mass is 114 g/mol. The molecule has 0 N–H and O–H groups in total. The lowest BCUT2D eigenvalue weighted by molar-refractivity contribution is 0.858. The van der Waals surface area contributed by atoms with E-state index in [9.17, 15) is 0 Å². The minimum absolute atomic E-state index is 1.07. The first kappa shape index (κ1) is 4.79. The third kappa shape index (κ3) is 0.804. The van der Waals surface area contributed by atoms with Crippen molar-refractivity contribution in [3.8, 4) is 0 Å². The van der Waals surface area contributed by atoms with E-state index in [4.69, 9.17) is 0 Å². The Morgan fingerprint density at radius 1 is 1.86 bits per heavy atom. The molecule has 0 aliphatic rings. The van der Waals surface area contributed by atoms with E-state index in [0.717, 1.165) is 14.2 Å². The van der Waals surface area contributed by atoms with Gasteiger partial charge in [0.25, 0.3) is 0 Å². The molecule has 38 valence electrons. The van der Waals surface area contributed by atoms with Crippen molar-refractivity contribution in [2.75, 3.05) is 0 Å². The van der Waals surface area contributed by atoms with E-state index in [1.54, 1.807) is 0 Å². The number of hydrogen-bond donors (Lipinski definition) is 0. The summed E-state index contributed by atoms with van der Waals surface area (Å²) in [6, 6.07) is 0. The second-order valence-electron chi connectivity index (χ2n) is 1.49. The molecule has 1 rings (SSSR count). The third-order valence-corrected chi connectivity index (χ3v) is 1.79. The maximum Gasteiger partial charge on any atom is 0.110 e. The van der Waals surface area contributed by atoms with Gasteiger partial charge in [-0.1, -0.05) is 0 Å². The van der Waals surface area contributed by atoms with E-state index in [0.29, 0.717) is 0 Å². The normalized spacial score (nSPS) is 10.6. The van der Waals surface area contributed by atoms with Crippen LogP contribution in [0.25, 0.3) is 0 Å². The van der Waals surface area contributed by atoms with Crippen LogP contribution in [0, 0.1) is 6.92 Å². The third-order valence-electron chi connectivity index (χ3n) is 0.938. The summed E-state index contributed by atoms with van der Waals surface area (Å²) >= 11 is 0. The lowest BCUT2D eigenvalue weighted by atomic mass is 10.7. The molecule has 7 heavy (non-hydrogen) atoms. The Labute approximate surface area is 44.4 Å². The zero-order valence-corrected chi connectivity index (χ0v) is 5.31. The standard InChI is InChI=1S/C4H7N2P/c1-4-5-7-3-6(4)2/h3H,1-2H3. The highest BCUT2D eigenvalue weighted by Gasteiger charge is 1.84. The molecule has 1 aromatic heterocycles. The molecule has 0 saturated carbocycles. The average Bonchev–Trinajstić information content (AvgIpc) is 1.91. The van der Waals surface area contributed by atoms with Crippen molar-refractivity contribution in [1.29, 1.82) is 0 Å². The molecule has 3 heteroatoms. The minimum Gasteiger partial charge on any atom is -0.334 e. The van der Waals surface area contributed by atoms with Crippen molar-refractivity contribution in [1.82, 2.24) is 9.31 Å². The fraction of sp³-hybridized carbons (Fsp3) is 0.500. The summed E-state index contributed by atoms with van der Waals surface area (Å²) in [5.41, 5.74) is 0. The summed E-state index contributed by atoms with van der Waals surface area (Å²) in [7, 11) is 3.07. The van der Waals surface area contributed by atoms with E-state index < -0.39 is 0 Å². The number of hydrogen-bond acceptors (Lipinski definition) is 1. The van der Waals surface area contributed by atoms with Crippen LogP contribution in [0.3, 0.4) is 0 Å². The van der Waals surface area contributed by atoms with Gasteiger partial charge in [0.2, 0.25) is 0 Å². The van der Waals surface area contributed by atoms with Crippen molar-refractivity contribution < 1.29 is 0 Å². The summed E-state index contributed by atoms with van der Waals surface area (Å²) < 4.78 is 6.09. The van der Waals surface area contributed by atoms with Crippen molar-refractivity contribution in [2.24, 2.45) is 7.05 Å². The van der Waals surface area contributed by atoms with Crippen LogP contribution >= 0.6 is 8.35 Å².